The van der Waals surface area contributed by atoms with Gasteiger partial charge in [-0.15, -0.1) is 0 Å². The highest BCUT2D eigenvalue weighted by molar-refractivity contribution is 5.77. The third-order valence-electron chi connectivity index (χ3n) is 4.56. The number of hydrogen-bond acceptors (Lipinski definition) is 4. The summed E-state index contributed by atoms with van der Waals surface area (Å²) in [4.78, 5) is 23.5. The molecule has 0 aromatic heterocycles. The summed E-state index contributed by atoms with van der Waals surface area (Å²) in [6.07, 6.45) is 6.77. The number of ether oxygens (including phenoxy) is 2. The topological polar surface area (TPSA) is 52.6 Å². The maximum Gasteiger partial charge on any atom is 0.313 e. The van der Waals surface area contributed by atoms with Crippen LogP contribution in [-0.4, -0.2) is 24.6 Å². The summed E-state index contributed by atoms with van der Waals surface area (Å²) < 4.78 is 10.6. The molecule has 2 atom stereocenters. The zero-order valence-electron chi connectivity index (χ0n) is 12.6. The summed E-state index contributed by atoms with van der Waals surface area (Å²) >= 11 is 0. The molecule has 4 nitrogen and oxygen atoms in total. The summed E-state index contributed by atoms with van der Waals surface area (Å²) in [5, 5.41) is 0. The molecule has 2 rings (SSSR count). The molecule has 0 amide bonds. The van der Waals surface area contributed by atoms with Crippen LogP contribution in [0.1, 0.15) is 52.9 Å². The molecule has 112 valence electrons. The van der Waals surface area contributed by atoms with Crippen molar-refractivity contribution < 1.29 is 19.1 Å². The Hall–Kier alpha value is -1.32. The van der Waals surface area contributed by atoms with Gasteiger partial charge in [0.15, 0.2) is 0 Å². The van der Waals surface area contributed by atoms with E-state index in [9.17, 15) is 9.59 Å². The van der Waals surface area contributed by atoms with E-state index in [1.54, 1.807) is 0 Å². The molecule has 0 heterocycles. The standard InChI is InChI=1S/C16H24O4/c1-4-19-15(18)14-11(2)9-13(20-12(3)17)10-16(14)7-5-6-8-16/h9,13-14H,4-8,10H2,1-3H3/t13-,14-/m1/s1. The second-order valence-corrected chi connectivity index (χ2v) is 6.02. The van der Waals surface area contributed by atoms with Gasteiger partial charge in [0.05, 0.1) is 12.5 Å². The van der Waals surface area contributed by atoms with Crippen LogP contribution in [0.5, 0.6) is 0 Å². The van der Waals surface area contributed by atoms with Gasteiger partial charge in [-0.3, -0.25) is 9.59 Å². The van der Waals surface area contributed by atoms with Crippen molar-refractivity contribution in [3.8, 4) is 0 Å². The third-order valence-corrected chi connectivity index (χ3v) is 4.56. The van der Waals surface area contributed by atoms with Gasteiger partial charge in [-0.05, 0) is 44.6 Å². The predicted molar refractivity (Wildman–Crippen MR) is 75.0 cm³/mol. The van der Waals surface area contributed by atoms with Crippen molar-refractivity contribution in [2.75, 3.05) is 6.61 Å². The normalized spacial score (nSPS) is 28.1. The third kappa shape index (κ3) is 2.89. The van der Waals surface area contributed by atoms with Crippen LogP contribution in [-0.2, 0) is 19.1 Å². The largest absolute Gasteiger partial charge is 0.466 e. The van der Waals surface area contributed by atoms with E-state index in [4.69, 9.17) is 9.47 Å². The van der Waals surface area contributed by atoms with Crippen LogP contribution in [0.3, 0.4) is 0 Å². The fourth-order valence-electron chi connectivity index (χ4n) is 3.97. The van der Waals surface area contributed by atoms with Crippen LogP contribution in [0.4, 0.5) is 0 Å². The van der Waals surface area contributed by atoms with Gasteiger partial charge in [-0.25, -0.2) is 0 Å². The Balaban J connectivity index is 2.28. The molecule has 2 aliphatic carbocycles. The molecule has 1 fully saturated rings. The van der Waals surface area contributed by atoms with Crippen LogP contribution < -0.4 is 0 Å². The van der Waals surface area contributed by atoms with Gasteiger partial charge in [0.1, 0.15) is 6.10 Å². The Morgan fingerprint density at radius 1 is 1.35 bits per heavy atom. The van der Waals surface area contributed by atoms with Crippen molar-refractivity contribution in [3.05, 3.63) is 11.6 Å². The lowest BCUT2D eigenvalue weighted by molar-refractivity contribution is -0.154. The molecular weight excluding hydrogens is 256 g/mol. The lowest BCUT2D eigenvalue weighted by Crippen LogP contribution is -2.42. The van der Waals surface area contributed by atoms with E-state index in [0.29, 0.717) is 6.61 Å². The lowest BCUT2D eigenvalue weighted by Gasteiger charge is -2.42. The molecule has 2 aliphatic rings. The minimum Gasteiger partial charge on any atom is -0.466 e. The zero-order valence-corrected chi connectivity index (χ0v) is 12.6. The quantitative estimate of drug-likeness (QED) is 0.589. The molecule has 0 bridgehead atoms. The van der Waals surface area contributed by atoms with E-state index in [-0.39, 0.29) is 29.4 Å². The summed E-state index contributed by atoms with van der Waals surface area (Å²) in [5.41, 5.74) is 0.911. The first kappa shape index (κ1) is 15.1. The molecule has 0 radical (unpaired) electrons. The SMILES string of the molecule is CCOC(=O)[C@H]1C(C)=C[C@@H](OC(C)=O)CC12CCCC2. The van der Waals surface area contributed by atoms with Gasteiger partial charge in [0.2, 0.25) is 0 Å². The number of rotatable bonds is 3. The van der Waals surface area contributed by atoms with Crippen molar-refractivity contribution in [3.63, 3.8) is 0 Å². The second kappa shape index (κ2) is 5.98. The summed E-state index contributed by atoms with van der Waals surface area (Å²) in [5.74, 6) is -0.553. The van der Waals surface area contributed by atoms with Gasteiger partial charge in [-0.2, -0.15) is 0 Å². The van der Waals surface area contributed by atoms with Gasteiger partial charge < -0.3 is 9.47 Å². The van der Waals surface area contributed by atoms with Crippen LogP contribution in [0.25, 0.3) is 0 Å². The summed E-state index contributed by atoms with van der Waals surface area (Å²) in [6, 6.07) is 0. The van der Waals surface area contributed by atoms with E-state index >= 15 is 0 Å². The maximum absolute atomic E-state index is 12.3. The Morgan fingerprint density at radius 3 is 2.55 bits per heavy atom. The highest BCUT2D eigenvalue weighted by Gasteiger charge is 2.50. The van der Waals surface area contributed by atoms with Crippen LogP contribution in [0, 0.1) is 11.3 Å². The monoisotopic (exact) mass is 280 g/mol. The maximum atomic E-state index is 12.3. The highest BCUT2D eigenvalue weighted by atomic mass is 16.5. The Bertz CT molecular complexity index is 418. The van der Waals surface area contributed by atoms with Crippen molar-refractivity contribution in [2.24, 2.45) is 11.3 Å². The Kier molecular flexibility index (Phi) is 4.51. The molecule has 0 saturated heterocycles. The zero-order chi connectivity index (χ0) is 14.8. The number of carbonyl (C=O) groups is 2. The first-order chi connectivity index (χ1) is 9.48. The molecule has 20 heavy (non-hydrogen) atoms. The van der Waals surface area contributed by atoms with Crippen molar-refractivity contribution in [1.82, 2.24) is 0 Å². The minimum absolute atomic E-state index is 0.0782. The second-order valence-electron chi connectivity index (χ2n) is 6.02. The van der Waals surface area contributed by atoms with Gasteiger partial charge >= 0.3 is 11.9 Å². The summed E-state index contributed by atoms with van der Waals surface area (Å²) in [7, 11) is 0. The average molecular weight is 280 g/mol. The number of carbonyl (C=O) groups excluding carboxylic acids is 2. The predicted octanol–water partition coefficient (Wildman–Crippen LogP) is 3.01. The molecule has 0 aromatic carbocycles. The van der Waals surface area contributed by atoms with E-state index in [2.05, 4.69) is 0 Å². The fraction of sp³-hybridized carbons (Fsp3) is 0.750. The van der Waals surface area contributed by atoms with Crippen molar-refractivity contribution >= 4 is 11.9 Å². The van der Waals surface area contributed by atoms with Gasteiger partial charge in [0.25, 0.3) is 0 Å². The molecule has 0 unspecified atom stereocenters. The van der Waals surface area contributed by atoms with E-state index in [1.807, 2.05) is 19.9 Å². The summed E-state index contributed by atoms with van der Waals surface area (Å²) in [6.45, 7) is 5.63. The molecular formula is C16H24O4. The van der Waals surface area contributed by atoms with Crippen LogP contribution in [0.2, 0.25) is 0 Å². The number of hydrogen-bond donors (Lipinski definition) is 0. The minimum atomic E-state index is -0.262. The molecule has 1 spiro atoms. The molecule has 4 heteroatoms. The molecule has 0 aliphatic heterocycles. The smallest absolute Gasteiger partial charge is 0.313 e. The lowest BCUT2D eigenvalue weighted by atomic mass is 9.64. The van der Waals surface area contributed by atoms with Gasteiger partial charge in [-0.1, -0.05) is 18.4 Å². The fourth-order valence-corrected chi connectivity index (χ4v) is 3.97. The molecule has 1 saturated carbocycles. The van der Waals surface area contributed by atoms with Crippen LogP contribution >= 0.6 is 0 Å². The van der Waals surface area contributed by atoms with E-state index < -0.39 is 0 Å². The Morgan fingerprint density at radius 2 is 2.00 bits per heavy atom. The highest BCUT2D eigenvalue weighted by Crippen LogP contribution is 2.53. The Labute approximate surface area is 120 Å². The van der Waals surface area contributed by atoms with Crippen molar-refractivity contribution in [1.29, 1.82) is 0 Å². The van der Waals surface area contributed by atoms with Gasteiger partial charge in [0, 0.05) is 6.92 Å². The molecule has 0 aromatic rings. The van der Waals surface area contributed by atoms with Crippen LogP contribution in [0.15, 0.2) is 11.6 Å². The van der Waals surface area contributed by atoms with Crippen molar-refractivity contribution in [2.45, 2.75) is 59.0 Å². The first-order valence-electron chi connectivity index (χ1n) is 7.50. The van der Waals surface area contributed by atoms with E-state index in [1.165, 1.54) is 6.92 Å². The first-order valence-corrected chi connectivity index (χ1v) is 7.50. The van der Waals surface area contributed by atoms with E-state index in [0.717, 1.165) is 37.7 Å². The number of esters is 2. The average Bonchev–Trinajstić information content (AvgIpc) is 2.76. The molecule has 0 N–H and O–H groups in total.